The van der Waals surface area contributed by atoms with E-state index < -0.39 is 5.97 Å². The number of aromatic nitrogens is 1. The number of esters is 1. The number of fused-ring (bicyclic) bond motifs is 1. The van der Waals surface area contributed by atoms with Crippen LogP contribution < -0.4 is 10.3 Å². The highest BCUT2D eigenvalue weighted by Gasteiger charge is 2.13. The van der Waals surface area contributed by atoms with Gasteiger partial charge in [-0.15, -0.1) is 0 Å². The molecule has 0 aliphatic heterocycles. The molecule has 0 saturated carbocycles. The number of nitrogens with zero attached hydrogens (tertiary/aromatic N) is 1. The fraction of sp³-hybridized carbons (Fsp3) is 0.105. The average Bonchev–Trinajstić information content (AvgIpc) is 2.64. The Bertz CT molecular complexity index is 1000. The van der Waals surface area contributed by atoms with Gasteiger partial charge in [-0.3, -0.25) is 4.79 Å². The van der Waals surface area contributed by atoms with Gasteiger partial charge in [-0.05, 0) is 30.3 Å². The van der Waals surface area contributed by atoms with Crippen molar-refractivity contribution in [1.29, 1.82) is 5.26 Å². The van der Waals surface area contributed by atoms with Crippen LogP contribution in [0.2, 0.25) is 0 Å². The molecule has 0 spiro atoms. The van der Waals surface area contributed by atoms with Gasteiger partial charge in [0.1, 0.15) is 19.0 Å². The summed E-state index contributed by atoms with van der Waals surface area (Å²) >= 11 is 0. The van der Waals surface area contributed by atoms with Gasteiger partial charge in [-0.1, -0.05) is 18.2 Å². The molecule has 3 aromatic rings. The lowest BCUT2D eigenvalue weighted by Crippen LogP contribution is -2.16. The quantitative estimate of drug-likeness (QED) is 0.572. The van der Waals surface area contributed by atoms with Gasteiger partial charge in [-0.2, -0.15) is 5.26 Å². The number of carbonyl (C=O) groups is 1. The van der Waals surface area contributed by atoms with Crippen molar-refractivity contribution in [2.75, 3.05) is 13.2 Å². The highest BCUT2D eigenvalue weighted by molar-refractivity contribution is 6.03. The van der Waals surface area contributed by atoms with Gasteiger partial charge < -0.3 is 14.5 Å². The highest BCUT2D eigenvalue weighted by Crippen LogP contribution is 2.15. The number of rotatable bonds is 5. The van der Waals surface area contributed by atoms with Crippen molar-refractivity contribution in [1.82, 2.24) is 4.98 Å². The third-order valence-corrected chi connectivity index (χ3v) is 3.54. The zero-order valence-corrected chi connectivity index (χ0v) is 13.2. The van der Waals surface area contributed by atoms with Crippen molar-refractivity contribution in [3.63, 3.8) is 0 Å². The van der Waals surface area contributed by atoms with Crippen molar-refractivity contribution < 1.29 is 14.3 Å². The van der Waals surface area contributed by atoms with Crippen LogP contribution in [-0.2, 0) is 4.74 Å². The SMILES string of the molecule is N#Cc1ccc(OCCOC(=O)c2cc(=O)[nH]c3ccccc23)cc1. The molecule has 0 fully saturated rings. The van der Waals surface area contributed by atoms with Gasteiger partial charge in [0.25, 0.3) is 0 Å². The summed E-state index contributed by atoms with van der Waals surface area (Å²) in [6.07, 6.45) is 0. The summed E-state index contributed by atoms with van der Waals surface area (Å²) in [5, 5.41) is 9.36. The molecule has 1 N–H and O–H groups in total. The molecular formula is C19H14N2O4. The summed E-state index contributed by atoms with van der Waals surface area (Å²) in [5.41, 5.74) is 0.980. The molecule has 3 rings (SSSR count). The van der Waals surface area contributed by atoms with Crippen LogP contribution in [0.3, 0.4) is 0 Å². The van der Waals surface area contributed by atoms with Gasteiger partial charge in [-0.25, -0.2) is 4.79 Å². The van der Waals surface area contributed by atoms with Crippen LogP contribution in [0, 0.1) is 11.3 Å². The number of hydrogen-bond acceptors (Lipinski definition) is 5. The van der Waals surface area contributed by atoms with Crippen molar-refractivity contribution in [2.45, 2.75) is 0 Å². The van der Waals surface area contributed by atoms with Crippen molar-refractivity contribution in [3.8, 4) is 11.8 Å². The minimum absolute atomic E-state index is 0.0416. The standard InChI is InChI=1S/C19H14N2O4/c20-12-13-5-7-14(8-6-13)24-9-10-25-19(23)16-11-18(22)21-17-4-2-1-3-15(16)17/h1-8,11H,9-10H2,(H,21,22). The number of nitriles is 1. The molecular weight excluding hydrogens is 320 g/mol. The monoisotopic (exact) mass is 334 g/mol. The van der Waals surface area contributed by atoms with Gasteiger partial charge in [0.2, 0.25) is 5.56 Å². The average molecular weight is 334 g/mol. The molecule has 0 radical (unpaired) electrons. The van der Waals surface area contributed by atoms with Crippen LogP contribution in [0.25, 0.3) is 10.9 Å². The van der Waals surface area contributed by atoms with Crippen LogP contribution in [0.4, 0.5) is 0 Å². The molecule has 0 bridgehead atoms. The number of H-pyrrole nitrogens is 1. The normalized spacial score (nSPS) is 10.2. The minimum Gasteiger partial charge on any atom is -0.490 e. The Hall–Kier alpha value is -3.59. The molecule has 0 aliphatic rings. The first-order valence-corrected chi connectivity index (χ1v) is 7.59. The first kappa shape index (κ1) is 16.3. The topological polar surface area (TPSA) is 92.2 Å². The number of ether oxygens (including phenoxy) is 2. The maximum absolute atomic E-state index is 12.2. The van der Waals surface area contributed by atoms with Crippen molar-refractivity contribution in [2.24, 2.45) is 0 Å². The Morgan fingerprint density at radius 2 is 1.84 bits per heavy atom. The molecule has 2 aromatic carbocycles. The van der Waals surface area contributed by atoms with E-state index in [1.54, 1.807) is 48.5 Å². The smallest absolute Gasteiger partial charge is 0.339 e. The van der Waals surface area contributed by atoms with E-state index in [-0.39, 0.29) is 24.3 Å². The van der Waals surface area contributed by atoms with Crippen LogP contribution in [0.1, 0.15) is 15.9 Å². The highest BCUT2D eigenvalue weighted by atomic mass is 16.6. The summed E-state index contributed by atoms with van der Waals surface area (Å²) in [4.78, 5) is 26.6. The Balaban J connectivity index is 1.61. The molecule has 6 heteroatoms. The van der Waals surface area contributed by atoms with Gasteiger partial charge in [0.15, 0.2) is 0 Å². The Morgan fingerprint density at radius 1 is 1.08 bits per heavy atom. The predicted molar refractivity (Wildman–Crippen MR) is 91.5 cm³/mol. The van der Waals surface area contributed by atoms with E-state index in [2.05, 4.69) is 4.98 Å². The molecule has 6 nitrogen and oxygen atoms in total. The number of carbonyl (C=O) groups excluding carboxylic acids is 1. The first-order chi connectivity index (χ1) is 12.2. The molecule has 0 unspecified atom stereocenters. The van der Waals surface area contributed by atoms with Crippen LogP contribution in [-0.4, -0.2) is 24.2 Å². The van der Waals surface area contributed by atoms with Crippen LogP contribution in [0.5, 0.6) is 5.75 Å². The second-order valence-corrected chi connectivity index (χ2v) is 5.21. The maximum atomic E-state index is 12.2. The van der Waals surface area contributed by atoms with Gasteiger partial charge in [0, 0.05) is 17.0 Å². The summed E-state index contributed by atoms with van der Waals surface area (Å²) in [6.45, 7) is 0.207. The second-order valence-electron chi connectivity index (χ2n) is 5.21. The third kappa shape index (κ3) is 3.85. The molecule has 0 atom stereocenters. The van der Waals surface area contributed by atoms with Crippen molar-refractivity contribution >= 4 is 16.9 Å². The van der Waals surface area contributed by atoms with E-state index in [9.17, 15) is 9.59 Å². The molecule has 1 heterocycles. The number of pyridine rings is 1. The summed E-state index contributed by atoms with van der Waals surface area (Å²) in [6, 6.07) is 16.9. The molecule has 0 amide bonds. The number of hydrogen-bond donors (Lipinski definition) is 1. The van der Waals surface area contributed by atoms with Crippen LogP contribution >= 0.6 is 0 Å². The Morgan fingerprint density at radius 3 is 2.60 bits per heavy atom. The van der Waals surface area contributed by atoms with Crippen molar-refractivity contribution in [3.05, 3.63) is 76.1 Å². The molecule has 0 aliphatic carbocycles. The van der Waals surface area contributed by atoms with E-state index in [1.807, 2.05) is 6.07 Å². The molecule has 0 saturated heterocycles. The summed E-state index contributed by atoms with van der Waals surface area (Å²) < 4.78 is 10.6. The van der Waals surface area contributed by atoms with E-state index in [1.165, 1.54) is 6.07 Å². The first-order valence-electron chi connectivity index (χ1n) is 7.59. The van der Waals surface area contributed by atoms with E-state index in [4.69, 9.17) is 14.7 Å². The molecule has 124 valence electrons. The zero-order chi connectivity index (χ0) is 17.6. The lowest BCUT2D eigenvalue weighted by molar-refractivity contribution is 0.0452. The number of para-hydroxylation sites is 1. The predicted octanol–water partition coefficient (Wildman–Crippen LogP) is 2.64. The number of aromatic amines is 1. The molecule has 25 heavy (non-hydrogen) atoms. The molecule has 1 aromatic heterocycles. The fourth-order valence-corrected chi connectivity index (χ4v) is 2.37. The zero-order valence-electron chi connectivity index (χ0n) is 13.2. The van der Waals surface area contributed by atoms with E-state index >= 15 is 0 Å². The van der Waals surface area contributed by atoms with Gasteiger partial charge in [0.05, 0.1) is 17.2 Å². The number of benzene rings is 2. The fourth-order valence-electron chi connectivity index (χ4n) is 2.37. The Kier molecular flexibility index (Phi) is 4.77. The second kappa shape index (κ2) is 7.32. The van der Waals surface area contributed by atoms with Crippen LogP contribution in [0.15, 0.2) is 59.4 Å². The van der Waals surface area contributed by atoms with E-state index in [0.717, 1.165) is 0 Å². The summed E-state index contributed by atoms with van der Waals surface area (Å²) in [5.74, 6) is 0.00221. The maximum Gasteiger partial charge on any atom is 0.339 e. The third-order valence-electron chi connectivity index (χ3n) is 3.54. The van der Waals surface area contributed by atoms with Gasteiger partial charge >= 0.3 is 5.97 Å². The van der Waals surface area contributed by atoms with E-state index in [0.29, 0.717) is 22.2 Å². The Labute approximate surface area is 143 Å². The lowest BCUT2D eigenvalue weighted by Gasteiger charge is -2.09. The largest absolute Gasteiger partial charge is 0.490 e. The summed E-state index contributed by atoms with van der Waals surface area (Å²) in [7, 11) is 0. The minimum atomic E-state index is -0.578. The number of nitrogens with one attached hydrogen (secondary N) is 1. The lowest BCUT2D eigenvalue weighted by atomic mass is 10.1.